The third-order valence-corrected chi connectivity index (χ3v) is 6.26. The first-order valence-electron chi connectivity index (χ1n) is 8.87. The minimum Gasteiger partial charge on any atom is -0.465 e. The van der Waals surface area contributed by atoms with Gasteiger partial charge in [0.2, 0.25) is 0 Å². The summed E-state index contributed by atoms with van der Waals surface area (Å²) in [5.41, 5.74) is 2.39. The first kappa shape index (κ1) is 20.4. The Morgan fingerprint density at radius 2 is 1.76 bits per heavy atom. The third-order valence-electron chi connectivity index (χ3n) is 4.48. The van der Waals surface area contributed by atoms with Gasteiger partial charge in [-0.25, -0.2) is 13.2 Å². The van der Waals surface area contributed by atoms with E-state index in [-0.39, 0.29) is 4.90 Å². The van der Waals surface area contributed by atoms with Gasteiger partial charge in [-0.3, -0.25) is 4.31 Å². The average molecular weight is 411 g/mol. The highest BCUT2D eigenvalue weighted by atomic mass is 32.2. The highest BCUT2D eigenvalue weighted by molar-refractivity contribution is 7.92. The van der Waals surface area contributed by atoms with Crippen molar-refractivity contribution in [1.82, 2.24) is 0 Å². The number of ether oxygens (including phenoxy) is 1. The molecule has 0 saturated heterocycles. The number of aryl methyl sites for hydroxylation is 2. The molecule has 0 fully saturated rings. The van der Waals surface area contributed by atoms with Gasteiger partial charge in [0.15, 0.2) is 0 Å². The lowest BCUT2D eigenvalue weighted by molar-refractivity contribution is -0.128. The number of carbonyl (C=O) groups is 1. The summed E-state index contributed by atoms with van der Waals surface area (Å²) in [6.45, 7) is 3.80. The van der Waals surface area contributed by atoms with Crippen LogP contribution in [0.3, 0.4) is 0 Å². The zero-order valence-corrected chi connectivity index (χ0v) is 17.1. The summed E-state index contributed by atoms with van der Waals surface area (Å²) in [4.78, 5) is 12.1. The number of furan rings is 1. The van der Waals surface area contributed by atoms with Crippen LogP contribution in [0.2, 0.25) is 0 Å². The summed E-state index contributed by atoms with van der Waals surface area (Å²) in [6.07, 6.45) is 4.26. The molecule has 0 bridgehead atoms. The molecule has 0 radical (unpaired) electrons. The molecule has 29 heavy (non-hydrogen) atoms. The van der Waals surface area contributed by atoms with Crippen LogP contribution in [0.5, 0.6) is 5.75 Å². The Labute approximate surface area is 170 Å². The maximum Gasteiger partial charge on any atom is 0.336 e. The van der Waals surface area contributed by atoms with Gasteiger partial charge in [-0.15, -0.1) is 0 Å². The van der Waals surface area contributed by atoms with E-state index in [9.17, 15) is 13.2 Å². The lowest BCUT2D eigenvalue weighted by atomic mass is 10.1. The zero-order chi connectivity index (χ0) is 21.0. The Balaban J connectivity index is 1.71. The summed E-state index contributed by atoms with van der Waals surface area (Å²) in [5, 5.41) is 0. The van der Waals surface area contributed by atoms with Gasteiger partial charge in [-0.1, -0.05) is 6.07 Å². The minimum atomic E-state index is -3.70. The van der Waals surface area contributed by atoms with Crippen molar-refractivity contribution < 1.29 is 22.4 Å². The number of carbonyl (C=O) groups excluding carboxylic acids is 1. The van der Waals surface area contributed by atoms with Crippen LogP contribution in [-0.4, -0.2) is 21.4 Å². The molecule has 150 valence electrons. The van der Waals surface area contributed by atoms with E-state index in [4.69, 9.17) is 9.15 Å². The summed E-state index contributed by atoms with van der Waals surface area (Å²) < 4.78 is 37.3. The molecule has 3 rings (SSSR count). The number of nitrogens with zero attached hydrogens (tertiary/aromatic N) is 1. The molecule has 0 N–H and O–H groups in total. The second-order valence-corrected chi connectivity index (χ2v) is 8.45. The molecule has 3 aromatic rings. The monoisotopic (exact) mass is 411 g/mol. The Hall–Kier alpha value is -3.32. The van der Waals surface area contributed by atoms with E-state index in [0.717, 1.165) is 11.1 Å². The highest BCUT2D eigenvalue weighted by Crippen LogP contribution is 2.25. The highest BCUT2D eigenvalue weighted by Gasteiger charge is 2.21. The fraction of sp³-hybridized carbons (Fsp3) is 0.136. The number of hydrogen-bond donors (Lipinski definition) is 0. The molecule has 1 heterocycles. The predicted molar refractivity (Wildman–Crippen MR) is 111 cm³/mol. The van der Waals surface area contributed by atoms with E-state index in [1.165, 1.54) is 29.8 Å². The smallest absolute Gasteiger partial charge is 0.336 e. The van der Waals surface area contributed by atoms with E-state index in [1.54, 1.807) is 54.6 Å². The zero-order valence-electron chi connectivity index (χ0n) is 16.3. The molecule has 0 spiro atoms. The van der Waals surface area contributed by atoms with E-state index >= 15 is 0 Å². The summed E-state index contributed by atoms with van der Waals surface area (Å²) >= 11 is 0. The topological polar surface area (TPSA) is 76.8 Å². The molecule has 0 atom stereocenters. The van der Waals surface area contributed by atoms with Crippen LogP contribution in [0.15, 0.2) is 76.2 Å². The molecule has 0 unspecified atom stereocenters. The van der Waals surface area contributed by atoms with Crippen molar-refractivity contribution >= 4 is 27.8 Å². The summed E-state index contributed by atoms with van der Waals surface area (Å²) in [5.74, 6) is 0.278. The molecule has 0 saturated carbocycles. The second-order valence-electron chi connectivity index (χ2n) is 6.48. The van der Waals surface area contributed by atoms with Crippen LogP contribution < -0.4 is 9.04 Å². The van der Waals surface area contributed by atoms with Gasteiger partial charge in [0.25, 0.3) is 10.0 Å². The lowest BCUT2D eigenvalue weighted by Gasteiger charge is -2.20. The summed E-state index contributed by atoms with van der Waals surface area (Å²) in [6, 6.07) is 14.7. The summed E-state index contributed by atoms with van der Waals surface area (Å²) in [7, 11) is -2.21. The van der Waals surface area contributed by atoms with Crippen molar-refractivity contribution in [2.75, 3.05) is 11.4 Å². The van der Waals surface area contributed by atoms with Crippen LogP contribution >= 0.6 is 0 Å². The number of esters is 1. The lowest BCUT2D eigenvalue weighted by Crippen LogP contribution is -2.26. The van der Waals surface area contributed by atoms with Crippen LogP contribution in [0.25, 0.3) is 6.08 Å². The Kier molecular flexibility index (Phi) is 5.89. The van der Waals surface area contributed by atoms with Gasteiger partial charge in [-0.2, -0.15) is 0 Å². The van der Waals surface area contributed by atoms with Crippen molar-refractivity contribution in [3.8, 4) is 5.75 Å². The first-order chi connectivity index (χ1) is 13.8. The van der Waals surface area contributed by atoms with Crippen molar-refractivity contribution in [2.45, 2.75) is 18.7 Å². The van der Waals surface area contributed by atoms with E-state index < -0.39 is 16.0 Å². The maximum atomic E-state index is 12.9. The van der Waals surface area contributed by atoms with Crippen molar-refractivity contribution in [2.24, 2.45) is 0 Å². The molecule has 6 nitrogen and oxygen atoms in total. The Bertz CT molecular complexity index is 1130. The fourth-order valence-corrected chi connectivity index (χ4v) is 3.86. The average Bonchev–Trinajstić information content (AvgIpc) is 3.22. The minimum absolute atomic E-state index is 0.224. The van der Waals surface area contributed by atoms with Gasteiger partial charge in [-0.05, 0) is 79.6 Å². The maximum absolute atomic E-state index is 12.9. The van der Waals surface area contributed by atoms with Gasteiger partial charge in [0, 0.05) is 13.1 Å². The van der Waals surface area contributed by atoms with Crippen LogP contribution in [0, 0.1) is 13.8 Å². The fourth-order valence-electron chi connectivity index (χ4n) is 2.58. The number of benzene rings is 2. The van der Waals surface area contributed by atoms with E-state index in [1.807, 2.05) is 13.8 Å². The van der Waals surface area contributed by atoms with Crippen LogP contribution in [0.1, 0.15) is 16.9 Å². The first-order valence-corrected chi connectivity index (χ1v) is 10.3. The molecule has 0 aliphatic carbocycles. The van der Waals surface area contributed by atoms with Crippen LogP contribution in [0.4, 0.5) is 5.69 Å². The van der Waals surface area contributed by atoms with E-state index in [2.05, 4.69) is 0 Å². The molecule has 2 aromatic carbocycles. The van der Waals surface area contributed by atoms with Gasteiger partial charge in [0.05, 0.1) is 16.8 Å². The molecular weight excluding hydrogens is 390 g/mol. The normalized spacial score (nSPS) is 11.6. The van der Waals surface area contributed by atoms with Gasteiger partial charge >= 0.3 is 5.97 Å². The standard InChI is InChI=1S/C22H21NO5S/c1-16-6-12-21(15-17(16)2)29(25,26)23(3)18-7-9-20(10-8-18)28-22(24)13-11-19-5-4-14-27-19/h4-15H,1-3H3/b13-11+. The molecule has 0 aliphatic rings. The molecular formula is C22H21NO5S. The third kappa shape index (κ3) is 4.75. The number of sulfonamides is 1. The Morgan fingerprint density at radius 3 is 2.38 bits per heavy atom. The van der Waals surface area contributed by atoms with Crippen molar-refractivity contribution in [1.29, 1.82) is 0 Å². The van der Waals surface area contributed by atoms with Crippen molar-refractivity contribution in [3.63, 3.8) is 0 Å². The number of rotatable bonds is 6. The molecule has 0 amide bonds. The number of hydrogen-bond acceptors (Lipinski definition) is 5. The van der Waals surface area contributed by atoms with Gasteiger partial charge in [0.1, 0.15) is 11.5 Å². The molecule has 7 heteroatoms. The molecule has 1 aromatic heterocycles. The van der Waals surface area contributed by atoms with Crippen LogP contribution in [-0.2, 0) is 14.8 Å². The largest absolute Gasteiger partial charge is 0.465 e. The van der Waals surface area contributed by atoms with Gasteiger partial charge < -0.3 is 9.15 Å². The second kappa shape index (κ2) is 8.36. The quantitative estimate of drug-likeness (QED) is 0.343. The SMILES string of the molecule is Cc1ccc(S(=O)(=O)N(C)c2ccc(OC(=O)/C=C/c3ccco3)cc2)cc1C. The predicted octanol–water partition coefficient (Wildman–Crippen LogP) is 4.34. The Morgan fingerprint density at radius 1 is 1.03 bits per heavy atom. The molecule has 0 aliphatic heterocycles. The van der Waals surface area contributed by atoms with Crippen molar-refractivity contribution in [3.05, 3.63) is 83.8 Å². The van der Waals surface area contributed by atoms with E-state index in [0.29, 0.717) is 17.2 Å². The number of anilines is 1.